The minimum Gasteiger partial charge on any atom is -0.459 e. The molecule has 0 radical (unpaired) electrons. The molecule has 2 heterocycles. The normalized spacial score (nSPS) is 10.6. The number of hydrogen-bond acceptors (Lipinski definition) is 5. The highest BCUT2D eigenvalue weighted by Gasteiger charge is 2.10. The molecule has 0 aliphatic heterocycles. The van der Waals surface area contributed by atoms with Crippen molar-refractivity contribution < 1.29 is 14.1 Å². The summed E-state index contributed by atoms with van der Waals surface area (Å²) in [5.41, 5.74) is 1.51. The van der Waals surface area contributed by atoms with E-state index < -0.39 is 0 Å². The Morgan fingerprint density at radius 2 is 2.09 bits per heavy atom. The zero-order chi connectivity index (χ0) is 15.4. The van der Waals surface area contributed by atoms with Crippen molar-refractivity contribution in [1.29, 1.82) is 0 Å². The first-order valence-corrected chi connectivity index (χ1v) is 8.27. The van der Waals surface area contributed by atoms with Crippen molar-refractivity contribution in [3.05, 3.63) is 63.6 Å². The molecule has 6 heteroatoms. The van der Waals surface area contributed by atoms with Crippen LogP contribution >= 0.6 is 27.3 Å². The van der Waals surface area contributed by atoms with E-state index in [-0.39, 0.29) is 19.0 Å². The number of halogens is 1. The van der Waals surface area contributed by atoms with Gasteiger partial charge >= 0.3 is 5.97 Å². The molecule has 112 valence electrons. The highest BCUT2D eigenvalue weighted by molar-refractivity contribution is 9.10. The van der Waals surface area contributed by atoms with Crippen molar-refractivity contribution in [2.45, 2.75) is 13.0 Å². The van der Waals surface area contributed by atoms with Crippen molar-refractivity contribution in [2.24, 2.45) is 0 Å². The van der Waals surface area contributed by atoms with Crippen LogP contribution in [0, 0.1) is 0 Å². The second-order valence-electron chi connectivity index (χ2n) is 4.62. The predicted octanol–water partition coefficient (Wildman–Crippen LogP) is 4.45. The topological polar surface area (TPSA) is 52.3 Å². The summed E-state index contributed by atoms with van der Waals surface area (Å²) in [6.07, 6.45) is 0.239. The maximum Gasteiger partial charge on any atom is 0.310 e. The van der Waals surface area contributed by atoms with Gasteiger partial charge in [-0.25, -0.2) is 0 Å². The average Bonchev–Trinajstić information content (AvgIpc) is 3.18. The number of ether oxygens (including phenoxy) is 1. The Morgan fingerprint density at radius 3 is 2.82 bits per heavy atom. The molecule has 0 aliphatic carbocycles. The summed E-state index contributed by atoms with van der Waals surface area (Å²) >= 11 is 4.93. The fourth-order valence-electron chi connectivity index (χ4n) is 1.89. The van der Waals surface area contributed by atoms with Gasteiger partial charge in [0.05, 0.1) is 11.3 Å². The largest absolute Gasteiger partial charge is 0.459 e. The molecule has 0 spiro atoms. The molecule has 22 heavy (non-hydrogen) atoms. The Labute approximate surface area is 139 Å². The van der Waals surface area contributed by atoms with Gasteiger partial charge in [-0.05, 0) is 29.1 Å². The van der Waals surface area contributed by atoms with E-state index in [2.05, 4.69) is 21.1 Å². The van der Waals surface area contributed by atoms with Crippen LogP contribution in [0.15, 0.2) is 56.8 Å². The molecule has 0 unspecified atom stereocenters. The highest BCUT2D eigenvalue weighted by Crippen LogP contribution is 2.25. The quantitative estimate of drug-likeness (QED) is 0.616. The van der Waals surface area contributed by atoms with E-state index in [1.54, 1.807) is 17.4 Å². The van der Waals surface area contributed by atoms with Gasteiger partial charge in [-0.2, -0.15) is 0 Å². The molecular formula is C16H12BrNO3S. The number of esters is 1. The van der Waals surface area contributed by atoms with Crippen LogP contribution in [0.25, 0.3) is 10.6 Å². The third-order valence-corrected chi connectivity index (χ3v) is 4.38. The molecule has 0 aliphatic rings. The Hall–Kier alpha value is -1.92. The lowest BCUT2D eigenvalue weighted by Crippen LogP contribution is -2.08. The maximum atomic E-state index is 11.8. The van der Waals surface area contributed by atoms with Crippen LogP contribution in [0.1, 0.15) is 11.3 Å². The fraction of sp³-hybridized carbons (Fsp3) is 0.125. The molecule has 3 aromatic rings. The van der Waals surface area contributed by atoms with Crippen LogP contribution in [0.4, 0.5) is 0 Å². The number of benzene rings is 1. The second kappa shape index (κ2) is 6.89. The molecular weight excluding hydrogens is 366 g/mol. The number of nitrogens with zero attached hydrogens (tertiary/aromatic N) is 1. The van der Waals surface area contributed by atoms with Gasteiger partial charge < -0.3 is 9.26 Å². The molecule has 4 nitrogen and oxygen atoms in total. The Kier molecular flexibility index (Phi) is 4.70. The second-order valence-corrected chi connectivity index (χ2v) is 6.49. The summed E-state index contributed by atoms with van der Waals surface area (Å²) in [4.78, 5) is 12.8. The highest BCUT2D eigenvalue weighted by atomic mass is 79.9. The van der Waals surface area contributed by atoms with E-state index in [0.717, 1.165) is 14.9 Å². The van der Waals surface area contributed by atoms with Gasteiger partial charge in [-0.1, -0.05) is 39.3 Å². The third-order valence-electron chi connectivity index (χ3n) is 2.97. The number of aromatic nitrogens is 1. The zero-order valence-corrected chi connectivity index (χ0v) is 13.9. The van der Waals surface area contributed by atoms with Crippen LogP contribution in [-0.4, -0.2) is 11.1 Å². The SMILES string of the molecule is O=C(Cc1ccc(Br)cc1)OCc1cc(-c2cccs2)on1. The average molecular weight is 378 g/mol. The molecule has 0 fully saturated rings. The standard InChI is InChI=1S/C16H12BrNO3S/c17-12-5-3-11(4-6-12)8-16(19)20-10-13-9-14(21-18-13)15-2-1-7-22-15/h1-7,9H,8,10H2. The number of thiophene rings is 1. The summed E-state index contributed by atoms with van der Waals surface area (Å²) < 4.78 is 11.4. The molecule has 3 rings (SSSR count). The van der Waals surface area contributed by atoms with E-state index >= 15 is 0 Å². The maximum absolute atomic E-state index is 11.8. The number of carbonyl (C=O) groups is 1. The molecule has 0 atom stereocenters. The monoisotopic (exact) mass is 377 g/mol. The first kappa shape index (κ1) is 15.0. The summed E-state index contributed by atoms with van der Waals surface area (Å²) in [7, 11) is 0. The minimum absolute atomic E-state index is 0.115. The van der Waals surface area contributed by atoms with Gasteiger partial charge in [0.15, 0.2) is 5.76 Å². The van der Waals surface area contributed by atoms with E-state index in [4.69, 9.17) is 9.26 Å². The first-order valence-electron chi connectivity index (χ1n) is 6.60. The molecule has 0 N–H and O–H groups in total. The minimum atomic E-state index is -0.289. The van der Waals surface area contributed by atoms with Crippen LogP contribution < -0.4 is 0 Å². The Balaban J connectivity index is 1.54. The van der Waals surface area contributed by atoms with E-state index in [9.17, 15) is 4.79 Å². The fourth-order valence-corrected chi connectivity index (χ4v) is 2.83. The van der Waals surface area contributed by atoms with Gasteiger partial charge in [-0.3, -0.25) is 4.79 Å². The lowest BCUT2D eigenvalue weighted by atomic mass is 10.2. The van der Waals surface area contributed by atoms with Gasteiger partial charge in [0.2, 0.25) is 0 Å². The van der Waals surface area contributed by atoms with Crippen molar-refractivity contribution in [2.75, 3.05) is 0 Å². The Bertz CT molecular complexity index is 750. The summed E-state index contributed by atoms with van der Waals surface area (Å²) in [6.45, 7) is 0.115. The molecule has 0 bridgehead atoms. The first-order chi connectivity index (χ1) is 10.7. The summed E-state index contributed by atoms with van der Waals surface area (Å²) in [5, 5.41) is 5.88. The van der Waals surface area contributed by atoms with Crippen molar-refractivity contribution in [1.82, 2.24) is 5.16 Å². The number of hydrogen-bond donors (Lipinski definition) is 0. The van der Waals surface area contributed by atoms with Crippen LogP contribution in [0.2, 0.25) is 0 Å². The molecule has 0 amide bonds. The van der Waals surface area contributed by atoms with Crippen molar-refractivity contribution in [3.8, 4) is 10.6 Å². The molecule has 0 saturated heterocycles. The summed E-state index contributed by atoms with van der Waals surface area (Å²) in [6, 6.07) is 13.3. The zero-order valence-electron chi connectivity index (χ0n) is 11.5. The number of carbonyl (C=O) groups excluding carboxylic acids is 1. The Morgan fingerprint density at radius 1 is 1.27 bits per heavy atom. The smallest absolute Gasteiger partial charge is 0.310 e. The van der Waals surface area contributed by atoms with Gasteiger partial charge in [0, 0.05) is 10.5 Å². The van der Waals surface area contributed by atoms with Gasteiger partial charge in [-0.15, -0.1) is 11.3 Å². The predicted molar refractivity (Wildman–Crippen MR) is 87.5 cm³/mol. The van der Waals surface area contributed by atoms with E-state index in [1.165, 1.54) is 0 Å². The lowest BCUT2D eigenvalue weighted by molar-refractivity contribution is -0.144. The van der Waals surface area contributed by atoms with Crippen LogP contribution in [-0.2, 0) is 22.6 Å². The van der Waals surface area contributed by atoms with E-state index in [1.807, 2.05) is 41.8 Å². The van der Waals surface area contributed by atoms with E-state index in [0.29, 0.717) is 11.5 Å². The van der Waals surface area contributed by atoms with Crippen LogP contribution in [0.3, 0.4) is 0 Å². The number of rotatable bonds is 5. The van der Waals surface area contributed by atoms with Crippen molar-refractivity contribution in [3.63, 3.8) is 0 Å². The molecule has 1 aromatic carbocycles. The lowest BCUT2D eigenvalue weighted by Gasteiger charge is -2.02. The summed E-state index contributed by atoms with van der Waals surface area (Å²) in [5.74, 6) is 0.400. The third kappa shape index (κ3) is 3.84. The van der Waals surface area contributed by atoms with Gasteiger partial charge in [0.25, 0.3) is 0 Å². The molecule has 2 aromatic heterocycles. The molecule has 0 saturated carbocycles. The van der Waals surface area contributed by atoms with Crippen molar-refractivity contribution >= 4 is 33.2 Å². The van der Waals surface area contributed by atoms with Gasteiger partial charge in [0.1, 0.15) is 12.3 Å². The van der Waals surface area contributed by atoms with Crippen LogP contribution in [0.5, 0.6) is 0 Å².